The van der Waals surface area contributed by atoms with Crippen molar-refractivity contribution in [2.45, 2.75) is 44.3 Å². The summed E-state index contributed by atoms with van der Waals surface area (Å²) in [6, 6.07) is 3.42. The number of β-amino-alcohol motifs (C(OH)–C–C–N with tert-alkyl or cyclic N) is 1. The van der Waals surface area contributed by atoms with Crippen LogP contribution in [0.4, 0.5) is 14.6 Å². The first-order valence-electron chi connectivity index (χ1n) is 10.4. The molecule has 0 radical (unpaired) electrons. The molecule has 30 heavy (non-hydrogen) atoms. The number of hydrogen-bond acceptors (Lipinski definition) is 7. The molecule has 1 aliphatic heterocycles. The standard InChI is InChI=1S/C21H25F2N5O2/c1-10(29)7-28-8-13-14(9-28)18(13)16-5-15(26-20(27-16)11-2-3-11)12-4-17(30-21(22)23)19(24)25-6-12/h4-6,10-11,13-14,18,21,29H,2-3,7-9H2,1H3,(H2,24,25). The molecule has 3 atom stereocenters. The van der Waals surface area contributed by atoms with Crippen LogP contribution >= 0.6 is 0 Å². The summed E-state index contributed by atoms with van der Waals surface area (Å²) in [5.41, 5.74) is 7.95. The number of aliphatic hydroxyl groups excluding tert-OH is 1. The minimum Gasteiger partial charge on any atom is -0.431 e. The average Bonchev–Trinajstić information content (AvgIpc) is 3.60. The SMILES string of the molecule is CC(O)CN1CC2C(C1)C2c1cc(-c2cnc(N)c(OC(F)F)c2)nc(C2CC2)n1. The first-order valence-corrected chi connectivity index (χ1v) is 10.4. The summed E-state index contributed by atoms with van der Waals surface area (Å²) in [5.74, 6) is 2.43. The molecule has 7 nitrogen and oxygen atoms in total. The number of nitrogens with zero attached hydrogens (tertiary/aromatic N) is 4. The molecule has 3 fully saturated rings. The monoisotopic (exact) mass is 417 g/mol. The number of aliphatic hydroxyl groups is 1. The van der Waals surface area contributed by atoms with Crippen LogP contribution < -0.4 is 10.5 Å². The minimum absolute atomic E-state index is 0.0781. The molecule has 3 aliphatic rings. The fraction of sp³-hybridized carbons (Fsp3) is 0.571. The summed E-state index contributed by atoms with van der Waals surface area (Å²) >= 11 is 0. The molecule has 2 aromatic heterocycles. The Balaban J connectivity index is 1.42. The van der Waals surface area contributed by atoms with Crippen LogP contribution in [0, 0.1) is 11.8 Å². The third-order valence-electron chi connectivity index (χ3n) is 6.23. The van der Waals surface area contributed by atoms with Crippen LogP contribution in [0.15, 0.2) is 18.3 Å². The summed E-state index contributed by atoms with van der Waals surface area (Å²) in [5, 5.41) is 9.63. The van der Waals surface area contributed by atoms with E-state index < -0.39 is 6.61 Å². The number of nitrogens with two attached hydrogens (primary N) is 1. The van der Waals surface area contributed by atoms with Crippen molar-refractivity contribution in [2.24, 2.45) is 11.8 Å². The number of pyridine rings is 1. The second-order valence-corrected chi connectivity index (χ2v) is 8.72. The number of aromatic nitrogens is 3. The van der Waals surface area contributed by atoms with Gasteiger partial charge in [0, 0.05) is 48.9 Å². The zero-order chi connectivity index (χ0) is 21.0. The smallest absolute Gasteiger partial charge is 0.387 e. The van der Waals surface area contributed by atoms with E-state index in [9.17, 15) is 13.9 Å². The maximum absolute atomic E-state index is 12.7. The molecule has 2 saturated carbocycles. The van der Waals surface area contributed by atoms with Gasteiger partial charge >= 0.3 is 6.61 Å². The lowest BCUT2D eigenvalue weighted by atomic mass is 10.1. The largest absolute Gasteiger partial charge is 0.431 e. The number of fused-ring (bicyclic) bond motifs is 1. The van der Waals surface area contributed by atoms with Crippen LogP contribution in [-0.4, -0.2) is 57.3 Å². The number of alkyl halides is 2. The van der Waals surface area contributed by atoms with Gasteiger partial charge in [-0.2, -0.15) is 8.78 Å². The van der Waals surface area contributed by atoms with Gasteiger partial charge in [0.1, 0.15) is 5.82 Å². The Kier molecular flexibility index (Phi) is 4.82. The van der Waals surface area contributed by atoms with E-state index in [1.807, 2.05) is 13.0 Å². The molecule has 2 aromatic rings. The minimum atomic E-state index is -2.97. The Bertz CT molecular complexity index is 941. The first kappa shape index (κ1) is 19.6. The van der Waals surface area contributed by atoms with Gasteiger partial charge in [-0.15, -0.1) is 0 Å². The van der Waals surface area contributed by atoms with Crippen molar-refractivity contribution in [1.29, 1.82) is 0 Å². The second-order valence-electron chi connectivity index (χ2n) is 8.72. The predicted octanol–water partition coefficient (Wildman–Crippen LogP) is 2.63. The normalized spacial score (nSPS) is 26.6. The third kappa shape index (κ3) is 3.83. The first-order chi connectivity index (χ1) is 14.4. The second kappa shape index (κ2) is 7.39. The summed E-state index contributed by atoms with van der Waals surface area (Å²) in [4.78, 5) is 15.9. The molecule has 2 aliphatic carbocycles. The lowest BCUT2D eigenvalue weighted by Crippen LogP contribution is -2.31. The van der Waals surface area contributed by atoms with Crippen molar-refractivity contribution < 1.29 is 18.6 Å². The Labute approximate surface area is 173 Å². The van der Waals surface area contributed by atoms with Gasteiger partial charge in [0.05, 0.1) is 11.8 Å². The molecule has 0 spiro atoms. The molecule has 3 unspecified atom stereocenters. The van der Waals surface area contributed by atoms with E-state index in [4.69, 9.17) is 15.7 Å². The third-order valence-corrected chi connectivity index (χ3v) is 6.23. The Hall–Kier alpha value is -2.39. The number of halogens is 2. The molecule has 9 heteroatoms. The van der Waals surface area contributed by atoms with Gasteiger partial charge in [-0.3, -0.25) is 0 Å². The highest BCUT2D eigenvalue weighted by molar-refractivity contribution is 5.64. The fourth-order valence-electron chi connectivity index (χ4n) is 4.69. The van der Waals surface area contributed by atoms with Crippen molar-refractivity contribution in [3.05, 3.63) is 29.8 Å². The highest BCUT2D eigenvalue weighted by Crippen LogP contribution is 2.58. The van der Waals surface area contributed by atoms with Gasteiger partial charge < -0.3 is 20.5 Å². The zero-order valence-electron chi connectivity index (χ0n) is 16.7. The maximum atomic E-state index is 12.7. The topological polar surface area (TPSA) is 97.4 Å². The van der Waals surface area contributed by atoms with Crippen LogP contribution in [0.1, 0.15) is 43.1 Å². The Morgan fingerprint density at radius 3 is 2.60 bits per heavy atom. The van der Waals surface area contributed by atoms with E-state index in [0.29, 0.717) is 41.5 Å². The van der Waals surface area contributed by atoms with E-state index >= 15 is 0 Å². The van der Waals surface area contributed by atoms with Crippen molar-refractivity contribution in [3.63, 3.8) is 0 Å². The van der Waals surface area contributed by atoms with Gasteiger partial charge in [0.2, 0.25) is 0 Å². The number of nitrogen functional groups attached to an aromatic ring is 1. The molecule has 3 heterocycles. The molecule has 160 valence electrons. The van der Waals surface area contributed by atoms with Gasteiger partial charge in [-0.25, -0.2) is 15.0 Å². The summed E-state index contributed by atoms with van der Waals surface area (Å²) in [6.07, 6.45) is 3.36. The zero-order valence-corrected chi connectivity index (χ0v) is 16.7. The molecule has 3 N–H and O–H groups in total. The van der Waals surface area contributed by atoms with Crippen molar-refractivity contribution in [3.8, 4) is 17.0 Å². The Morgan fingerprint density at radius 1 is 1.23 bits per heavy atom. The number of rotatable bonds is 7. The molecule has 0 aromatic carbocycles. The maximum Gasteiger partial charge on any atom is 0.387 e. The van der Waals surface area contributed by atoms with E-state index in [0.717, 1.165) is 37.4 Å². The molecule has 5 rings (SSSR count). The van der Waals surface area contributed by atoms with E-state index in [2.05, 4.69) is 14.6 Å². The average molecular weight is 417 g/mol. The van der Waals surface area contributed by atoms with Crippen molar-refractivity contribution in [2.75, 3.05) is 25.4 Å². The summed E-state index contributed by atoms with van der Waals surface area (Å²) in [7, 11) is 0. The van der Waals surface area contributed by atoms with Crippen LogP contribution in [-0.2, 0) is 0 Å². The number of anilines is 1. The van der Waals surface area contributed by atoms with E-state index in [1.54, 1.807) is 0 Å². The molecule has 1 saturated heterocycles. The van der Waals surface area contributed by atoms with Crippen LogP contribution in [0.5, 0.6) is 5.75 Å². The van der Waals surface area contributed by atoms with Gasteiger partial charge in [-0.05, 0) is 43.7 Å². The quantitative estimate of drug-likeness (QED) is 0.715. The number of ether oxygens (including phenoxy) is 1. The van der Waals surface area contributed by atoms with E-state index in [-0.39, 0.29) is 17.7 Å². The van der Waals surface area contributed by atoms with Crippen LogP contribution in [0.25, 0.3) is 11.3 Å². The van der Waals surface area contributed by atoms with Gasteiger partial charge in [0.25, 0.3) is 0 Å². The molecular weight excluding hydrogens is 392 g/mol. The summed E-state index contributed by atoms with van der Waals surface area (Å²) < 4.78 is 29.9. The van der Waals surface area contributed by atoms with Crippen LogP contribution in [0.3, 0.4) is 0 Å². The van der Waals surface area contributed by atoms with Gasteiger partial charge in [-0.1, -0.05) is 0 Å². The highest BCUT2D eigenvalue weighted by atomic mass is 19.3. The summed E-state index contributed by atoms with van der Waals surface area (Å²) in [6.45, 7) is 1.48. The molecule has 0 amide bonds. The van der Waals surface area contributed by atoms with Crippen molar-refractivity contribution in [1.82, 2.24) is 19.9 Å². The number of hydrogen-bond donors (Lipinski definition) is 2. The van der Waals surface area contributed by atoms with Crippen molar-refractivity contribution >= 4 is 5.82 Å². The number of piperidine rings is 1. The van der Waals surface area contributed by atoms with Crippen LogP contribution in [0.2, 0.25) is 0 Å². The Morgan fingerprint density at radius 2 is 1.97 bits per heavy atom. The molecular formula is C21H25F2N5O2. The predicted molar refractivity (Wildman–Crippen MR) is 106 cm³/mol. The fourth-order valence-corrected chi connectivity index (χ4v) is 4.69. The number of likely N-dealkylation sites (tertiary alicyclic amines) is 1. The lowest BCUT2D eigenvalue weighted by molar-refractivity contribution is -0.0494. The van der Waals surface area contributed by atoms with Gasteiger partial charge in [0.15, 0.2) is 11.6 Å². The lowest BCUT2D eigenvalue weighted by Gasteiger charge is -2.21. The highest BCUT2D eigenvalue weighted by Gasteiger charge is 2.57. The molecule has 0 bridgehead atoms. The van der Waals surface area contributed by atoms with E-state index in [1.165, 1.54) is 12.3 Å².